The van der Waals surface area contributed by atoms with Gasteiger partial charge in [-0.25, -0.2) is 0 Å². The van der Waals surface area contributed by atoms with E-state index in [0.29, 0.717) is 28.6 Å². The fourth-order valence-corrected chi connectivity index (χ4v) is 4.23. The Kier molecular flexibility index (Phi) is 11.1. The highest BCUT2D eigenvalue weighted by Crippen LogP contribution is 2.43. The summed E-state index contributed by atoms with van der Waals surface area (Å²) in [6, 6.07) is 6.99. The van der Waals surface area contributed by atoms with Gasteiger partial charge in [0.05, 0.1) is 32.8 Å². The number of benzene rings is 2. The van der Waals surface area contributed by atoms with Gasteiger partial charge in [0, 0.05) is 11.8 Å². The second-order valence-electron chi connectivity index (χ2n) is 8.13. The van der Waals surface area contributed by atoms with Crippen LogP contribution in [0.3, 0.4) is 0 Å². The summed E-state index contributed by atoms with van der Waals surface area (Å²) < 4.78 is 16.3. The van der Waals surface area contributed by atoms with Crippen LogP contribution in [-0.2, 0) is 10.2 Å². The van der Waals surface area contributed by atoms with Crippen LogP contribution in [0, 0.1) is 12.3 Å². The zero-order valence-corrected chi connectivity index (χ0v) is 22.2. The average Bonchev–Trinajstić information content (AvgIpc) is 2.77. The molecule has 9 heteroatoms. The Balaban J connectivity index is 2.24. The van der Waals surface area contributed by atoms with Crippen LogP contribution in [-0.4, -0.2) is 42.4 Å². The molecule has 0 spiro atoms. The van der Waals surface area contributed by atoms with Gasteiger partial charge in [0.1, 0.15) is 13.2 Å². The lowest BCUT2D eigenvalue weighted by molar-refractivity contribution is -0.117. The molecule has 0 radical (unpaired) electrons. The van der Waals surface area contributed by atoms with Gasteiger partial charge in [-0.15, -0.1) is 12.3 Å². The Labute approximate surface area is 220 Å². The molecule has 2 unspecified atom stereocenters. The maximum Gasteiger partial charge on any atom is 0.189 e. The van der Waals surface area contributed by atoms with Crippen LogP contribution in [0.15, 0.2) is 24.3 Å². The van der Waals surface area contributed by atoms with Crippen molar-refractivity contribution in [2.45, 2.75) is 51.4 Å². The first-order valence-electron chi connectivity index (χ1n) is 10.7. The monoisotopic (exact) mass is 548 g/mol. The Morgan fingerprint density at radius 1 is 0.882 bits per heavy atom. The van der Waals surface area contributed by atoms with Gasteiger partial charge in [-0.2, -0.15) is 0 Å². The molecule has 0 aromatic heterocycles. The number of halogens is 4. The lowest BCUT2D eigenvalue weighted by Crippen LogP contribution is -2.22. The van der Waals surface area contributed by atoms with Gasteiger partial charge in [0.15, 0.2) is 17.8 Å². The Morgan fingerprint density at radius 2 is 1.32 bits per heavy atom. The van der Waals surface area contributed by atoms with Gasteiger partial charge in [-0.05, 0) is 41.8 Å². The van der Waals surface area contributed by atoms with Crippen molar-refractivity contribution in [2.24, 2.45) is 0 Å². The summed E-state index contributed by atoms with van der Waals surface area (Å²) >= 11 is 25.8. The van der Waals surface area contributed by atoms with Crippen LogP contribution in [0.2, 0.25) is 20.1 Å². The molecular weight excluding hydrogens is 522 g/mol. The lowest BCUT2D eigenvalue weighted by Gasteiger charge is -2.28. The van der Waals surface area contributed by atoms with Gasteiger partial charge >= 0.3 is 0 Å². The first kappa shape index (κ1) is 28.9. The molecular formula is C25H28Cl4O5. The molecule has 0 fully saturated rings. The molecule has 2 aromatic carbocycles. The number of aliphatic hydroxyl groups excluding tert-OH is 2. The van der Waals surface area contributed by atoms with E-state index >= 15 is 0 Å². The van der Waals surface area contributed by atoms with Crippen LogP contribution in [0.5, 0.6) is 11.5 Å². The lowest BCUT2D eigenvalue weighted by atomic mass is 9.78. The third kappa shape index (κ3) is 7.57. The highest BCUT2D eigenvalue weighted by molar-refractivity contribution is 6.38. The van der Waals surface area contributed by atoms with Crippen molar-refractivity contribution in [1.29, 1.82) is 0 Å². The fourth-order valence-electron chi connectivity index (χ4n) is 3.04. The van der Waals surface area contributed by atoms with Gasteiger partial charge in [-0.1, -0.05) is 67.2 Å². The zero-order chi connectivity index (χ0) is 25.5. The molecule has 0 aliphatic heterocycles. The Hall–Kier alpha value is -1.36. The molecule has 186 valence electrons. The van der Waals surface area contributed by atoms with E-state index in [0.717, 1.165) is 11.1 Å². The number of aliphatic hydroxyl groups is 2. The highest BCUT2D eigenvalue weighted by Gasteiger charge is 2.28. The fraction of sp³-hybridized carbons (Fsp3) is 0.440. The third-order valence-corrected chi connectivity index (χ3v) is 6.38. The highest BCUT2D eigenvalue weighted by atomic mass is 35.5. The molecule has 0 saturated carbocycles. The predicted molar refractivity (Wildman–Crippen MR) is 138 cm³/mol. The average molecular weight is 550 g/mol. The van der Waals surface area contributed by atoms with Crippen molar-refractivity contribution in [3.8, 4) is 23.8 Å². The maximum absolute atomic E-state index is 9.86. The Morgan fingerprint density at radius 3 is 1.74 bits per heavy atom. The van der Waals surface area contributed by atoms with Crippen LogP contribution in [0.25, 0.3) is 0 Å². The largest absolute Gasteiger partial charge is 0.488 e. The minimum atomic E-state index is -1.17. The first-order chi connectivity index (χ1) is 16.0. The normalized spacial score (nSPS) is 13.3. The van der Waals surface area contributed by atoms with Crippen molar-refractivity contribution >= 4 is 46.4 Å². The quantitative estimate of drug-likeness (QED) is 0.179. The molecule has 2 rings (SSSR count). The van der Waals surface area contributed by atoms with Crippen molar-refractivity contribution < 1.29 is 24.4 Å². The van der Waals surface area contributed by atoms with E-state index in [2.05, 4.69) is 5.92 Å². The van der Waals surface area contributed by atoms with Crippen LogP contribution >= 0.6 is 46.4 Å². The summed E-state index contributed by atoms with van der Waals surface area (Å²) in [6.07, 6.45) is 4.32. The molecule has 0 heterocycles. The second-order valence-corrected chi connectivity index (χ2v) is 9.76. The van der Waals surface area contributed by atoms with Crippen molar-refractivity contribution in [1.82, 2.24) is 0 Å². The molecule has 0 saturated heterocycles. The van der Waals surface area contributed by atoms with E-state index < -0.39 is 17.8 Å². The minimum Gasteiger partial charge on any atom is -0.488 e. The van der Waals surface area contributed by atoms with Gasteiger partial charge in [0.25, 0.3) is 0 Å². The van der Waals surface area contributed by atoms with Crippen LogP contribution in [0.4, 0.5) is 0 Å². The molecule has 34 heavy (non-hydrogen) atoms. The van der Waals surface area contributed by atoms with Gasteiger partial charge < -0.3 is 24.4 Å². The van der Waals surface area contributed by atoms with E-state index in [1.54, 1.807) is 24.3 Å². The summed E-state index contributed by atoms with van der Waals surface area (Å²) in [7, 11) is 0. The molecule has 5 nitrogen and oxygen atoms in total. The number of rotatable bonds is 12. The topological polar surface area (TPSA) is 68.2 Å². The molecule has 2 aromatic rings. The first-order valence-corrected chi connectivity index (χ1v) is 12.2. The summed E-state index contributed by atoms with van der Waals surface area (Å²) in [5.74, 6) is 2.97. The second kappa shape index (κ2) is 13.1. The number of hydrogen-bond donors (Lipinski definition) is 2. The molecule has 2 atom stereocenters. The molecule has 0 amide bonds. The van der Waals surface area contributed by atoms with Gasteiger partial charge in [0.2, 0.25) is 0 Å². The van der Waals surface area contributed by atoms with E-state index in [9.17, 15) is 10.2 Å². The summed E-state index contributed by atoms with van der Waals surface area (Å²) in [4.78, 5) is 0. The Bertz CT molecular complexity index is 973. The standard InChI is InChI=1S/C25H28Cl4O5/c1-5-7-8-32-22(31)14-34-24-20(28)11-16(12-21(24)29)25(3,4)15-9-18(26)23(19(27)10-15)33-13-17(30)6-2/h1,9-12,17,22,30-31H,6-8,13-14H2,2-4H3. The third-order valence-electron chi connectivity index (χ3n) is 5.26. The predicted octanol–water partition coefficient (Wildman–Crippen LogP) is 6.51. The summed E-state index contributed by atoms with van der Waals surface area (Å²) in [6.45, 7) is 5.95. The molecule has 2 N–H and O–H groups in total. The van der Waals surface area contributed by atoms with E-state index in [4.69, 9.17) is 67.0 Å². The van der Waals surface area contributed by atoms with Crippen molar-refractivity contribution in [3.05, 3.63) is 55.5 Å². The van der Waals surface area contributed by atoms with E-state index in [-0.39, 0.29) is 35.6 Å². The van der Waals surface area contributed by atoms with Crippen LogP contribution < -0.4 is 9.47 Å². The number of hydrogen-bond acceptors (Lipinski definition) is 5. The summed E-state index contributed by atoms with van der Waals surface area (Å²) in [5, 5.41) is 20.8. The zero-order valence-electron chi connectivity index (χ0n) is 19.2. The molecule has 0 bridgehead atoms. The number of ether oxygens (including phenoxy) is 3. The summed E-state index contributed by atoms with van der Waals surface area (Å²) in [5.41, 5.74) is 1.02. The maximum atomic E-state index is 9.86. The SMILES string of the molecule is C#CCCOC(O)COc1c(Cl)cc(C(C)(C)c2cc(Cl)c(OCC(O)CC)c(Cl)c2)cc1Cl. The van der Waals surface area contributed by atoms with E-state index in [1.165, 1.54) is 0 Å². The van der Waals surface area contributed by atoms with Crippen molar-refractivity contribution in [3.63, 3.8) is 0 Å². The smallest absolute Gasteiger partial charge is 0.189 e. The number of terminal acetylenes is 1. The molecule has 0 aliphatic carbocycles. The molecule has 0 aliphatic rings. The van der Waals surface area contributed by atoms with Crippen molar-refractivity contribution in [2.75, 3.05) is 19.8 Å². The van der Waals surface area contributed by atoms with Crippen LogP contribution in [0.1, 0.15) is 44.7 Å². The van der Waals surface area contributed by atoms with Gasteiger partial charge in [-0.3, -0.25) is 0 Å². The van der Waals surface area contributed by atoms with E-state index in [1.807, 2.05) is 20.8 Å². The minimum absolute atomic E-state index is 0.0923.